The molecule has 1 aliphatic rings. The van der Waals surface area contributed by atoms with Crippen molar-refractivity contribution in [1.29, 1.82) is 0 Å². The molecule has 1 aromatic rings. The van der Waals surface area contributed by atoms with Crippen LogP contribution in [0.1, 0.15) is 63.9 Å². The second-order valence-electron chi connectivity index (χ2n) is 6.13. The number of carbonyl (C=O) groups excluding carboxylic acids is 1. The van der Waals surface area contributed by atoms with Crippen molar-refractivity contribution in [1.82, 2.24) is 5.32 Å². The number of ether oxygens (including phenoxy) is 2. The van der Waals surface area contributed by atoms with Crippen molar-refractivity contribution in [3.05, 3.63) is 23.8 Å². The van der Waals surface area contributed by atoms with E-state index < -0.39 is 0 Å². The van der Waals surface area contributed by atoms with E-state index in [4.69, 9.17) is 9.47 Å². The molecule has 0 spiro atoms. The first-order chi connectivity index (χ1) is 11.3. The van der Waals surface area contributed by atoms with Gasteiger partial charge in [-0.05, 0) is 24.1 Å². The van der Waals surface area contributed by atoms with Gasteiger partial charge in [-0.25, -0.2) is 0 Å². The number of nitrogens with one attached hydrogen (secondary N) is 1. The van der Waals surface area contributed by atoms with Crippen molar-refractivity contribution in [3.8, 4) is 11.5 Å². The van der Waals surface area contributed by atoms with Gasteiger partial charge in [0.2, 0.25) is 5.91 Å². The summed E-state index contributed by atoms with van der Waals surface area (Å²) in [6.07, 6.45) is 8.74. The summed E-state index contributed by atoms with van der Waals surface area (Å²) in [7, 11) is 0. The monoisotopic (exact) mass is 319 g/mol. The second kappa shape index (κ2) is 10.1. The maximum atomic E-state index is 11.9. The minimum Gasteiger partial charge on any atom is -0.490 e. The van der Waals surface area contributed by atoms with Gasteiger partial charge in [0.15, 0.2) is 11.5 Å². The lowest BCUT2D eigenvalue weighted by molar-refractivity contribution is -0.121. The largest absolute Gasteiger partial charge is 0.490 e. The highest BCUT2D eigenvalue weighted by molar-refractivity contribution is 5.75. The Balaban J connectivity index is 1.67. The zero-order chi connectivity index (χ0) is 16.3. The number of amides is 1. The van der Waals surface area contributed by atoms with E-state index in [1.165, 1.54) is 25.7 Å². The quantitative estimate of drug-likeness (QED) is 0.693. The summed E-state index contributed by atoms with van der Waals surface area (Å²) in [5.74, 6) is 1.71. The van der Waals surface area contributed by atoms with Crippen LogP contribution in [0.3, 0.4) is 0 Å². The molecule has 0 radical (unpaired) electrons. The van der Waals surface area contributed by atoms with Crippen molar-refractivity contribution in [3.63, 3.8) is 0 Å². The standard InChI is InChI=1S/C19H29NO3/c1-2-3-4-5-6-7-9-19(21)20-15-16-10-11-17-18(14-16)23-13-8-12-22-17/h10-11,14H,2-9,12-13,15H2,1H3,(H,20,21). The number of hydrogen-bond acceptors (Lipinski definition) is 3. The van der Waals surface area contributed by atoms with Crippen LogP contribution >= 0.6 is 0 Å². The van der Waals surface area contributed by atoms with Crippen LogP contribution in [0.4, 0.5) is 0 Å². The second-order valence-corrected chi connectivity index (χ2v) is 6.13. The fourth-order valence-corrected chi connectivity index (χ4v) is 2.67. The summed E-state index contributed by atoms with van der Waals surface area (Å²) in [5.41, 5.74) is 1.05. The van der Waals surface area contributed by atoms with Crippen molar-refractivity contribution in [2.75, 3.05) is 13.2 Å². The number of carbonyl (C=O) groups is 1. The average molecular weight is 319 g/mol. The molecule has 1 heterocycles. The van der Waals surface area contributed by atoms with E-state index in [-0.39, 0.29) is 5.91 Å². The molecule has 0 saturated heterocycles. The number of rotatable bonds is 9. The van der Waals surface area contributed by atoms with Gasteiger partial charge in [0.05, 0.1) is 13.2 Å². The Bertz CT molecular complexity index is 488. The summed E-state index contributed by atoms with van der Waals surface area (Å²) in [6.45, 7) is 4.14. The smallest absolute Gasteiger partial charge is 0.220 e. The highest BCUT2D eigenvalue weighted by Crippen LogP contribution is 2.30. The van der Waals surface area contributed by atoms with Gasteiger partial charge in [-0.2, -0.15) is 0 Å². The van der Waals surface area contributed by atoms with Gasteiger partial charge < -0.3 is 14.8 Å². The molecule has 128 valence electrons. The summed E-state index contributed by atoms with van der Waals surface area (Å²) < 4.78 is 11.3. The lowest BCUT2D eigenvalue weighted by Crippen LogP contribution is -2.22. The number of unbranched alkanes of at least 4 members (excludes halogenated alkanes) is 5. The third kappa shape index (κ3) is 6.51. The fraction of sp³-hybridized carbons (Fsp3) is 0.632. The van der Waals surface area contributed by atoms with Crippen LogP contribution in [0.15, 0.2) is 18.2 Å². The minimum absolute atomic E-state index is 0.132. The first kappa shape index (κ1) is 17.6. The first-order valence-corrected chi connectivity index (χ1v) is 8.95. The molecular formula is C19H29NO3. The van der Waals surface area contributed by atoms with Crippen LogP contribution in [-0.2, 0) is 11.3 Å². The molecule has 1 N–H and O–H groups in total. The van der Waals surface area contributed by atoms with Crippen molar-refractivity contribution >= 4 is 5.91 Å². The highest BCUT2D eigenvalue weighted by Gasteiger charge is 2.11. The van der Waals surface area contributed by atoms with Gasteiger partial charge in [-0.1, -0.05) is 45.1 Å². The lowest BCUT2D eigenvalue weighted by Gasteiger charge is -2.10. The van der Waals surface area contributed by atoms with Crippen molar-refractivity contribution in [2.45, 2.75) is 64.8 Å². The fourth-order valence-electron chi connectivity index (χ4n) is 2.67. The van der Waals surface area contributed by atoms with Crippen molar-refractivity contribution < 1.29 is 14.3 Å². The SMILES string of the molecule is CCCCCCCCC(=O)NCc1ccc2c(c1)OCCCO2. The summed E-state index contributed by atoms with van der Waals surface area (Å²) in [5, 5.41) is 2.99. The van der Waals surface area contributed by atoms with Crippen LogP contribution in [0.25, 0.3) is 0 Å². The predicted molar refractivity (Wildman–Crippen MR) is 91.9 cm³/mol. The third-order valence-electron chi connectivity index (χ3n) is 4.06. The van der Waals surface area contributed by atoms with E-state index in [0.717, 1.165) is 36.3 Å². The molecular weight excluding hydrogens is 290 g/mol. The molecule has 1 aromatic carbocycles. The molecule has 4 nitrogen and oxygen atoms in total. The van der Waals surface area contributed by atoms with Crippen LogP contribution in [0.5, 0.6) is 11.5 Å². The van der Waals surface area contributed by atoms with Gasteiger partial charge in [0.25, 0.3) is 0 Å². The minimum atomic E-state index is 0.132. The molecule has 0 bridgehead atoms. The Morgan fingerprint density at radius 1 is 1.04 bits per heavy atom. The molecule has 1 aliphatic heterocycles. The van der Waals surface area contributed by atoms with Gasteiger partial charge in [-0.15, -0.1) is 0 Å². The number of benzene rings is 1. The molecule has 0 saturated carbocycles. The molecule has 0 unspecified atom stereocenters. The Morgan fingerprint density at radius 3 is 2.61 bits per heavy atom. The van der Waals surface area contributed by atoms with E-state index in [1.54, 1.807) is 0 Å². The predicted octanol–water partition coefficient (Wildman–Crippen LogP) is 4.21. The van der Waals surface area contributed by atoms with Crippen LogP contribution in [-0.4, -0.2) is 19.1 Å². The van der Waals surface area contributed by atoms with E-state index >= 15 is 0 Å². The Hall–Kier alpha value is -1.71. The zero-order valence-corrected chi connectivity index (χ0v) is 14.2. The molecule has 0 aromatic heterocycles. The first-order valence-electron chi connectivity index (χ1n) is 8.95. The zero-order valence-electron chi connectivity index (χ0n) is 14.2. The lowest BCUT2D eigenvalue weighted by atomic mass is 10.1. The summed E-state index contributed by atoms with van der Waals surface area (Å²) in [4.78, 5) is 11.9. The van der Waals surface area contributed by atoms with Gasteiger partial charge >= 0.3 is 0 Å². The summed E-state index contributed by atoms with van der Waals surface area (Å²) in [6, 6.07) is 5.88. The molecule has 0 atom stereocenters. The Morgan fingerprint density at radius 2 is 1.78 bits per heavy atom. The van der Waals surface area contributed by atoms with Crippen LogP contribution in [0.2, 0.25) is 0 Å². The molecule has 1 amide bonds. The molecule has 0 aliphatic carbocycles. The van der Waals surface area contributed by atoms with E-state index in [2.05, 4.69) is 12.2 Å². The van der Waals surface area contributed by atoms with E-state index in [0.29, 0.717) is 26.2 Å². The van der Waals surface area contributed by atoms with Crippen LogP contribution < -0.4 is 14.8 Å². The van der Waals surface area contributed by atoms with Gasteiger partial charge in [0.1, 0.15) is 0 Å². The maximum Gasteiger partial charge on any atom is 0.220 e. The van der Waals surface area contributed by atoms with Crippen LogP contribution in [0, 0.1) is 0 Å². The molecule has 4 heteroatoms. The highest BCUT2D eigenvalue weighted by atomic mass is 16.5. The number of hydrogen-bond donors (Lipinski definition) is 1. The molecule has 23 heavy (non-hydrogen) atoms. The van der Waals surface area contributed by atoms with E-state index in [1.807, 2.05) is 18.2 Å². The summed E-state index contributed by atoms with van der Waals surface area (Å²) >= 11 is 0. The average Bonchev–Trinajstić information content (AvgIpc) is 2.81. The normalized spacial score (nSPS) is 13.4. The van der Waals surface area contributed by atoms with Gasteiger partial charge in [0, 0.05) is 19.4 Å². The van der Waals surface area contributed by atoms with E-state index in [9.17, 15) is 4.79 Å². The molecule has 2 rings (SSSR count). The Kier molecular flexibility index (Phi) is 7.78. The third-order valence-corrected chi connectivity index (χ3v) is 4.06. The topological polar surface area (TPSA) is 47.6 Å². The Labute approximate surface area is 139 Å². The van der Waals surface area contributed by atoms with Crippen molar-refractivity contribution in [2.24, 2.45) is 0 Å². The number of fused-ring (bicyclic) bond motifs is 1. The maximum absolute atomic E-state index is 11.9. The van der Waals surface area contributed by atoms with Gasteiger partial charge in [-0.3, -0.25) is 4.79 Å². The molecule has 0 fully saturated rings.